The topological polar surface area (TPSA) is 50.7 Å². The lowest BCUT2D eigenvalue weighted by Crippen LogP contribution is -2.34. The Balaban J connectivity index is 1.98. The van der Waals surface area contributed by atoms with E-state index in [0.717, 1.165) is 16.7 Å². The predicted octanol–water partition coefficient (Wildman–Crippen LogP) is 1.30. The first-order valence-electron chi connectivity index (χ1n) is 5.02. The van der Waals surface area contributed by atoms with Gasteiger partial charge in [0.05, 0.1) is 0 Å². The molecule has 0 bridgehead atoms. The number of hydrogen-bond acceptors (Lipinski definition) is 4. The van der Waals surface area contributed by atoms with E-state index in [1.165, 1.54) is 19.3 Å². The number of H-pyrrole nitrogens is 1. The summed E-state index contributed by atoms with van der Waals surface area (Å²) in [5.74, 6) is 1.94. The molecule has 1 aromatic rings. The van der Waals surface area contributed by atoms with Crippen LogP contribution < -0.4 is 5.69 Å². The van der Waals surface area contributed by atoms with Crippen LogP contribution in [0.25, 0.3) is 0 Å². The fourth-order valence-corrected chi connectivity index (χ4v) is 3.50. The summed E-state index contributed by atoms with van der Waals surface area (Å²) in [4.78, 5) is 11.1. The molecule has 0 unspecified atom stereocenters. The molecule has 6 heteroatoms. The molecular weight excluding hydrogens is 230 g/mol. The van der Waals surface area contributed by atoms with E-state index >= 15 is 0 Å². The first kappa shape index (κ1) is 11.1. The van der Waals surface area contributed by atoms with Crippen molar-refractivity contribution in [1.82, 2.24) is 14.8 Å². The van der Waals surface area contributed by atoms with Crippen molar-refractivity contribution in [2.75, 3.05) is 11.5 Å². The summed E-state index contributed by atoms with van der Waals surface area (Å²) >= 11 is 6.05. The highest BCUT2D eigenvalue weighted by Crippen LogP contribution is 2.45. The largest absolute Gasteiger partial charge is 0.343 e. The lowest BCUT2D eigenvalue weighted by molar-refractivity contribution is 0.205. The molecule has 1 heterocycles. The zero-order valence-electron chi connectivity index (χ0n) is 8.69. The molecule has 1 aromatic heterocycles. The molecule has 0 amide bonds. The van der Waals surface area contributed by atoms with Crippen LogP contribution in [-0.2, 0) is 7.05 Å². The normalized spacial score (nSPS) is 18.8. The van der Waals surface area contributed by atoms with Gasteiger partial charge in [0, 0.05) is 12.8 Å². The molecule has 4 nitrogen and oxygen atoms in total. The Bertz CT molecular complexity index is 389. The van der Waals surface area contributed by atoms with E-state index in [-0.39, 0.29) is 5.69 Å². The number of rotatable bonds is 4. The summed E-state index contributed by atoms with van der Waals surface area (Å²) < 4.78 is 1.55. The average molecular weight is 245 g/mol. The van der Waals surface area contributed by atoms with Crippen molar-refractivity contribution in [3.8, 4) is 0 Å². The molecule has 0 atom stereocenters. The van der Waals surface area contributed by atoms with Crippen molar-refractivity contribution in [3.05, 3.63) is 10.5 Å². The third kappa shape index (κ3) is 2.10. The number of nitrogens with one attached hydrogen (secondary N) is 1. The van der Waals surface area contributed by atoms with Gasteiger partial charge >= 0.3 is 5.69 Å². The van der Waals surface area contributed by atoms with Crippen LogP contribution in [0.2, 0.25) is 0 Å². The summed E-state index contributed by atoms with van der Waals surface area (Å²) in [7, 11) is 1.74. The number of nitrogens with zero attached hydrogens (tertiary/aromatic N) is 2. The van der Waals surface area contributed by atoms with Gasteiger partial charge in [-0.25, -0.2) is 9.89 Å². The number of thioether (sulfide) groups is 1. The second-order valence-electron chi connectivity index (χ2n) is 4.17. The molecule has 2 rings (SSSR count). The zero-order valence-corrected chi connectivity index (χ0v) is 10.4. The van der Waals surface area contributed by atoms with E-state index in [9.17, 15) is 4.79 Å². The molecule has 1 N–H and O–H groups in total. The Kier molecular flexibility index (Phi) is 3.16. The molecule has 1 fully saturated rings. The fraction of sp³-hybridized carbons (Fsp3) is 0.778. The first-order valence-corrected chi connectivity index (χ1v) is 6.64. The number of aromatic amines is 1. The van der Waals surface area contributed by atoms with Crippen molar-refractivity contribution in [2.45, 2.75) is 24.4 Å². The SMILES string of the molecule is Cn1c(SCC2(CS)CCC2)n[nH]c1=O. The molecule has 0 aromatic carbocycles. The first-order chi connectivity index (χ1) is 7.17. The lowest BCUT2D eigenvalue weighted by Gasteiger charge is -2.40. The van der Waals surface area contributed by atoms with E-state index in [1.54, 1.807) is 23.4 Å². The quantitative estimate of drug-likeness (QED) is 0.621. The Hall–Kier alpha value is -0.360. The summed E-state index contributed by atoms with van der Waals surface area (Å²) in [5.41, 5.74) is 0.231. The highest BCUT2D eigenvalue weighted by Gasteiger charge is 2.35. The van der Waals surface area contributed by atoms with E-state index in [1.807, 2.05) is 0 Å². The molecule has 0 radical (unpaired) electrons. The van der Waals surface area contributed by atoms with Crippen molar-refractivity contribution in [2.24, 2.45) is 12.5 Å². The minimum absolute atomic E-state index is 0.147. The predicted molar refractivity (Wildman–Crippen MR) is 64.7 cm³/mol. The second kappa shape index (κ2) is 4.25. The van der Waals surface area contributed by atoms with Gasteiger partial charge in [-0.2, -0.15) is 12.6 Å². The standard InChI is InChI=1S/C9H15N3OS2/c1-12-7(13)10-11-8(12)15-6-9(5-14)3-2-4-9/h14H,2-6H2,1H3,(H,10,13). The van der Waals surface area contributed by atoms with Crippen molar-refractivity contribution in [1.29, 1.82) is 0 Å². The van der Waals surface area contributed by atoms with E-state index in [4.69, 9.17) is 0 Å². The van der Waals surface area contributed by atoms with Gasteiger partial charge in [0.2, 0.25) is 0 Å². The minimum atomic E-state index is -0.147. The number of hydrogen-bond donors (Lipinski definition) is 2. The third-order valence-electron chi connectivity index (χ3n) is 3.10. The van der Waals surface area contributed by atoms with E-state index < -0.39 is 0 Å². The minimum Gasteiger partial charge on any atom is -0.273 e. The van der Waals surface area contributed by atoms with Gasteiger partial charge < -0.3 is 0 Å². The third-order valence-corrected chi connectivity index (χ3v) is 5.15. The molecule has 15 heavy (non-hydrogen) atoms. The van der Waals surface area contributed by atoms with Crippen LogP contribution in [0, 0.1) is 5.41 Å². The Morgan fingerprint density at radius 1 is 1.67 bits per heavy atom. The van der Waals surface area contributed by atoms with Crippen LogP contribution in [0.3, 0.4) is 0 Å². The van der Waals surface area contributed by atoms with Crippen molar-refractivity contribution >= 4 is 24.4 Å². The van der Waals surface area contributed by atoms with Gasteiger partial charge in [-0.05, 0) is 24.0 Å². The highest BCUT2D eigenvalue weighted by atomic mass is 32.2. The maximum Gasteiger partial charge on any atom is 0.343 e. The van der Waals surface area contributed by atoms with Gasteiger partial charge in [-0.15, -0.1) is 5.10 Å². The molecule has 1 aliphatic rings. The number of thiol groups is 1. The molecule has 84 valence electrons. The second-order valence-corrected chi connectivity index (χ2v) is 5.43. The smallest absolute Gasteiger partial charge is 0.273 e. The van der Waals surface area contributed by atoms with Crippen LogP contribution >= 0.6 is 24.4 Å². The fourth-order valence-electron chi connectivity index (χ4n) is 1.70. The molecule has 1 saturated carbocycles. The van der Waals surface area contributed by atoms with Crippen LogP contribution in [0.5, 0.6) is 0 Å². The molecule has 1 aliphatic carbocycles. The number of aromatic nitrogens is 3. The monoisotopic (exact) mass is 245 g/mol. The Morgan fingerprint density at radius 2 is 2.40 bits per heavy atom. The summed E-state index contributed by atoms with van der Waals surface area (Å²) in [5, 5.41) is 7.19. The Morgan fingerprint density at radius 3 is 2.80 bits per heavy atom. The highest BCUT2D eigenvalue weighted by molar-refractivity contribution is 7.99. The van der Waals surface area contributed by atoms with Gasteiger partial charge in [0.1, 0.15) is 0 Å². The van der Waals surface area contributed by atoms with E-state index in [0.29, 0.717) is 5.41 Å². The van der Waals surface area contributed by atoms with Gasteiger partial charge in [-0.3, -0.25) is 4.57 Å². The zero-order chi connectivity index (χ0) is 10.9. The molecule has 0 saturated heterocycles. The van der Waals surface area contributed by atoms with Crippen molar-refractivity contribution in [3.63, 3.8) is 0 Å². The van der Waals surface area contributed by atoms with Crippen LogP contribution in [0.15, 0.2) is 9.95 Å². The van der Waals surface area contributed by atoms with Crippen molar-refractivity contribution < 1.29 is 0 Å². The maximum absolute atomic E-state index is 11.1. The lowest BCUT2D eigenvalue weighted by atomic mass is 9.72. The van der Waals surface area contributed by atoms with Crippen LogP contribution in [0.1, 0.15) is 19.3 Å². The van der Waals surface area contributed by atoms with Gasteiger partial charge in [-0.1, -0.05) is 18.2 Å². The molecular formula is C9H15N3OS2. The van der Waals surface area contributed by atoms with Crippen LogP contribution in [-0.4, -0.2) is 26.3 Å². The summed E-state index contributed by atoms with van der Waals surface area (Å²) in [6, 6.07) is 0. The Labute approximate surface area is 98.2 Å². The summed E-state index contributed by atoms with van der Waals surface area (Å²) in [6.45, 7) is 0. The summed E-state index contributed by atoms with van der Waals surface area (Å²) in [6.07, 6.45) is 3.81. The molecule has 0 spiro atoms. The van der Waals surface area contributed by atoms with Gasteiger partial charge in [0.25, 0.3) is 0 Å². The maximum atomic E-state index is 11.1. The van der Waals surface area contributed by atoms with Crippen LogP contribution in [0.4, 0.5) is 0 Å². The van der Waals surface area contributed by atoms with E-state index in [2.05, 4.69) is 22.8 Å². The molecule has 0 aliphatic heterocycles. The van der Waals surface area contributed by atoms with Gasteiger partial charge in [0.15, 0.2) is 5.16 Å². The average Bonchev–Trinajstić information content (AvgIpc) is 2.48.